The van der Waals surface area contributed by atoms with E-state index in [1.165, 1.54) is 11.3 Å². The Morgan fingerprint density at radius 1 is 1.47 bits per heavy atom. The fraction of sp³-hybridized carbons (Fsp3) is 0.385. The first kappa shape index (κ1) is 14.3. The normalized spacial score (nSPS) is 11.8. The molecule has 1 aromatic carbocycles. The summed E-state index contributed by atoms with van der Waals surface area (Å²) in [6.45, 7) is 5.50. The van der Waals surface area contributed by atoms with Crippen LogP contribution >= 0.6 is 27.3 Å². The molecular formula is C13H15BrN2O2S. The van der Waals surface area contributed by atoms with Gasteiger partial charge in [-0.2, -0.15) is 0 Å². The lowest BCUT2D eigenvalue weighted by Crippen LogP contribution is -2.23. The molecule has 0 bridgehead atoms. The SMILES string of the molecule is CC(C)(C)OC(=O)c1nc2c(CBr)c(N)ccc2s1. The number of nitrogens with two attached hydrogens (primary N) is 1. The number of carbonyl (C=O) groups excluding carboxylic acids is 1. The van der Waals surface area contributed by atoms with Gasteiger partial charge in [0.15, 0.2) is 0 Å². The third kappa shape index (κ3) is 3.06. The number of hydrogen-bond acceptors (Lipinski definition) is 5. The minimum absolute atomic E-state index is 0.359. The molecule has 0 aliphatic rings. The van der Waals surface area contributed by atoms with E-state index in [4.69, 9.17) is 10.5 Å². The summed E-state index contributed by atoms with van der Waals surface area (Å²) in [7, 11) is 0. The number of ether oxygens (including phenoxy) is 1. The van der Waals surface area contributed by atoms with Crippen LogP contribution in [0.4, 0.5) is 5.69 Å². The number of esters is 1. The maximum absolute atomic E-state index is 12.0. The van der Waals surface area contributed by atoms with Crippen molar-refractivity contribution in [3.8, 4) is 0 Å². The van der Waals surface area contributed by atoms with Crippen LogP contribution < -0.4 is 5.73 Å². The van der Waals surface area contributed by atoms with E-state index >= 15 is 0 Å². The number of thiazole rings is 1. The van der Waals surface area contributed by atoms with Gasteiger partial charge in [-0.25, -0.2) is 9.78 Å². The Bertz CT molecular complexity index is 631. The number of nitrogen functional groups attached to an aromatic ring is 1. The standard InChI is InChI=1S/C13H15BrN2O2S/c1-13(2,3)18-12(17)11-16-10-7(6-14)8(15)4-5-9(10)19-11/h4-5H,6,15H2,1-3H3. The summed E-state index contributed by atoms with van der Waals surface area (Å²) in [6.07, 6.45) is 0. The largest absolute Gasteiger partial charge is 0.455 e. The number of carbonyl (C=O) groups is 1. The first-order valence-corrected chi connectivity index (χ1v) is 7.73. The van der Waals surface area contributed by atoms with Crippen molar-refractivity contribution in [2.75, 3.05) is 5.73 Å². The lowest BCUT2D eigenvalue weighted by atomic mass is 10.2. The minimum atomic E-state index is -0.522. The molecule has 1 aromatic heterocycles. The van der Waals surface area contributed by atoms with Gasteiger partial charge >= 0.3 is 5.97 Å². The maximum Gasteiger partial charge on any atom is 0.367 e. The number of rotatable bonds is 2. The van der Waals surface area contributed by atoms with Gasteiger partial charge in [-0.1, -0.05) is 15.9 Å². The van der Waals surface area contributed by atoms with E-state index in [0.717, 1.165) is 15.8 Å². The molecular weight excluding hydrogens is 328 g/mol. The minimum Gasteiger partial charge on any atom is -0.455 e. The van der Waals surface area contributed by atoms with Crippen molar-refractivity contribution in [2.45, 2.75) is 31.7 Å². The predicted octanol–water partition coefficient (Wildman–Crippen LogP) is 3.73. The molecule has 0 fully saturated rings. The zero-order chi connectivity index (χ0) is 14.2. The lowest BCUT2D eigenvalue weighted by Gasteiger charge is -2.18. The van der Waals surface area contributed by atoms with Gasteiger partial charge < -0.3 is 10.5 Å². The van der Waals surface area contributed by atoms with Crippen LogP contribution in [-0.4, -0.2) is 16.6 Å². The molecule has 2 aromatic rings. The Labute approximate surface area is 124 Å². The van der Waals surface area contributed by atoms with Crippen LogP contribution in [0.25, 0.3) is 10.2 Å². The number of halogens is 1. The molecule has 0 aliphatic carbocycles. The summed E-state index contributed by atoms with van der Waals surface area (Å²) in [6, 6.07) is 3.71. The van der Waals surface area contributed by atoms with E-state index in [-0.39, 0.29) is 0 Å². The van der Waals surface area contributed by atoms with Crippen molar-refractivity contribution in [1.29, 1.82) is 0 Å². The highest BCUT2D eigenvalue weighted by Gasteiger charge is 2.22. The molecule has 102 valence electrons. The van der Waals surface area contributed by atoms with Crippen LogP contribution in [0.2, 0.25) is 0 Å². The van der Waals surface area contributed by atoms with E-state index in [9.17, 15) is 4.79 Å². The van der Waals surface area contributed by atoms with E-state index < -0.39 is 11.6 Å². The number of aromatic nitrogens is 1. The van der Waals surface area contributed by atoms with Gasteiger partial charge in [-0.15, -0.1) is 11.3 Å². The number of hydrogen-bond donors (Lipinski definition) is 1. The highest BCUT2D eigenvalue weighted by Crippen LogP contribution is 2.30. The van der Waals surface area contributed by atoms with Crippen LogP contribution in [0.15, 0.2) is 12.1 Å². The summed E-state index contributed by atoms with van der Waals surface area (Å²) in [5.74, 6) is -0.396. The van der Waals surface area contributed by atoms with Gasteiger partial charge in [0.05, 0.1) is 10.2 Å². The highest BCUT2D eigenvalue weighted by molar-refractivity contribution is 9.08. The number of anilines is 1. The van der Waals surface area contributed by atoms with Crippen molar-refractivity contribution in [3.63, 3.8) is 0 Å². The third-order valence-electron chi connectivity index (χ3n) is 2.41. The summed E-state index contributed by atoms with van der Waals surface area (Å²) in [5.41, 5.74) is 7.73. The molecule has 19 heavy (non-hydrogen) atoms. The van der Waals surface area contributed by atoms with Gasteiger partial charge in [-0.05, 0) is 32.9 Å². The molecule has 0 atom stereocenters. The second-order valence-electron chi connectivity index (χ2n) is 5.13. The molecule has 0 saturated heterocycles. The van der Waals surface area contributed by atoms with Gasteiger partial charge in [-0.3, -0.25) is 0 Å². The van der Waals surface area contributed by atoms with E-state index in [1.54, 1.807) is 0 Å². The molecule has 0 aliphatic heterocycles. The van der Waals surface area contributed by atoms with Gasteiger partial charge in [0.1, 0.15) is 5.60 Å². The lowest BCUT2D eigenvalue weighted by molar-refractivity contribution is 0.00695. The summed E-state index contributed by atoms with van der Waals surface area (Å²) in [4.78, 5) is 16.4. The van der Waals surface area contributed by atoms with Gasteiger partial charge in [0, 0.05) is 16.6 Å². The van der Waals surface area contributed by atoms with Crippen LogP contribution in [0.3, 0.4) is 0 Å². The van der Waals surface area contributed by atoms with Gasteiger partial charge in [0.25, 0.3) is 0 Å². The highest BCUT2D eigenvalue weighted by atomic mass is 79.9. The molecule has 0 spiro atoms. The summed E-state index contributed by atoms with van der Waals surface area (Å²) < 4.78 is 6.26. The molecule has 0 radical (unpaired) electrons. The molecule has 1 heterocycles. The fourth-order valence-corrected chi connectivity index (χ4v) is 3.07. The first-order valence-electron chi connectivity index (χ1n) is 5.79. The van der Waals surface area contributed by atoms with Crippen molar-refractivity contribution in [1.82, 2.24) is 4.98 Å². The molecule has 2 rings (SSSR count). The second kappa shape index (κ2) is 5.09. The Morgan fingerprint density at radius 3 is 2.74 bits per heavy atom. The Kier molecular flexibility index (Phi) is 3.82. The molecule has 6 heteroatoms. The van der Waals surface area contributed by atoms with Crippen molar-refractivity contribution < 1.29 is 9.53 Å². The number of nitrogens with zero attached hydrogens (tertiary/aromatic N) is 1. The fourth-order valence-electron chi connectivity index (χ4n) is 1.61. The summed E-state index contributed by atoms with van der Waals surface area (Å²) >= 11 is 4.72. The predicted molar refractivity (Wildman–Crippen MR) is 81.8 cm³/mol. The summed E-state index contributed by atoms with van der Waals surface area (Å²) in [5, 5.41) is 0.964. The zero-order valence-corrected chi connectivity index (χ0v) is 13.4. The molecule has 4 nitrogen and oxygen atoms in total. The van der Waals surface area contributed by atoms with Crippen molar-refractivity contribution in [2.24, 2.45) is 0 Å². The van der Waals surface area contributed by atoms with Crippen LogP contribution in [-0.2, 0) is 10.1 Å². The van der Waals surface area contributed by atoms with E-state index in [0.29, 0.717) is 16.0 Å². The average molecular weight is 343 g/mol. The topological polar surface area (TPSA) is 65.2 Å². The zero-order valence-electron chi connectivity index (χ0n) is 11.0. The van der Waals surface area contributed by atoms with Crippen molar-refractivity contribution in [3.05, 3.63) is 22.7 Å². The van der Waals surface area contributed by atoms with Crippen LogP contribution in [0, 0.1) is 0 Å². The second-order valence-corrected chi connectivity index (χ2v) is 6.73. The third-order valence-corrected chi connectivity index (χ3v) is 3.97. The van der Waals surface area contributed by atoms with Crippen molar-refractivity contribution >= 4 is 49.1 Å². The first-order chi connectivity index (χ1) is 8.81. The Hall–Kier alpha value is -1.14. The Balaban J connectivity index is 2.45. The van der Waals surface area contributed by atoms with Crippen LogP contribution in [0.5, 0.6) is 0 Å². The smallest absolute Gasteiger partial charge is 0.367 e. The monoisotopic (exact) mass is 342 g/mol. The molecule has 0 amide bonds. The quantitative estimate of drug-likeness (QED) is 0.513. The number of alkyl halides is 1. The number of benzene rings is 1. The van der Waals surface area contributed by atoms with Crippen LogP contribution in [0.1, 0.15) is 36.1 Å². The van der Waals surface area contributed by atoms with E-state index in [1.807, 2.05) is 32.9 Å². The average Bonchev–Trinajstić information content (AvgIpc) is 2.70. The van der Waals surface area contributed by atoms with Gasteiger partial charge in [0.2, 0.25) is 5.01 Å². The maximum atomic E-state index is 12.0. The van der Waals surface area contributed by atoms with E-state index in [2.05, 4.69) is 20.9 Å². The molecule has 0 saturated carbocycles. The molecule has 0 unspecified atom stereocenters. The Morgan fingerprint density at radius 2 is 2.16 bits per heavy atom. The number of fused-ring (bicyclic) bond motifs is 1. The molecule has 2 N–H and O–H groups in total.